The average molecular weight is 268 g/mol. The van der Waals surface area contributed by atoms with Gasteiger partial charge in [-0.2, -0.15) is 0 Å². The Kier molecular flexibility index (Phi) is 4.62. The number of carbonyl (C=O) groups is 3. The van der Waals surface area contributed by atoms with Gasteiger partial charge < -0.3 is 20.3 Å². The van der Waals surface area contributed by atoms with Gasteiger partial charge in [0.25, 0.3) is 5.91 Å². The third-order valence-electron chi connectivity index (χ3n) is 2.64. The van der Waals surface area contributed by atoms with E-state index in [0.717, 1.165) is 6.33 Å². The van der Waals surface area contributed by atoms with Gasteiger partial charge in [0.2, 0.25) is 5.91 Å². The van der Waals surface area contributed by atoms with Crippen LogP contribution in [0, 0.1) is 5.92 Å². The number of nitrogens with one attached hydrogen (secondary N) is 2. The van der Waals surface area contributed by atoms with E-state index in [-0.39, 0.29) is 23.8 Å². The van der Waals surface area contributed by atoms with Crippen molar-refractivity contribution in [1.29, 1.82) is 0 Å². The second kappa shape index (κ2) is 5.98. The Morgan fingerprint density at radius 1 is 1.53 bits per heavy atom. The molecule has 0 saturated heterocycles. The molecule has 0 aliphatic rings. The van der Waals surface area contributed by atoms with E-state index >= 15 is 0 Å². The first-order valence-corrected chi connectivity index (χ1v) is 5.62. The molecular formula is C11H16N4O4. The van der Waals surface area contributed by atoms with Gasteiger partial charge in [0, 0.05) is 20.6 Å². The molecule has 2 amide bonds. The minimum Gasteiger partial charge on any atom is -0.477 e. The summed E-state index contributed by atoms with van der Waals surface area (Å²) >= 11 is 0. The third kappa shape index (κ3) is 3.30. The molecule has 1 aromatic heterocycles. The molecule has 1 unspecified atom stereocenters. The van der Waals surface area contributed by atoms with Crippen LogP contribution in [0.25, 0.3) is 0 Å². The monoisotopic (exact) mass is 268 g/mol. The zero-order valence-corrected chi connectivity index (χ0v) is 10.9. The van der Waals surface area contributed by atoms with E-state index in [2.05, 4.69) is 15.3 Å². The number of rotatable bonds is 5. The highest BCUT2D eigenvalue weighted by Gasteiger charge is 2.24. The number of hydrogen-bond acceptors (Lipinski definition) is 4. The van der Waals surface area contributed by atoms with Crippen molar-refractivity contribution in [2.45, 2.75) is 6.92 Å². The lowest BCUT2D eigenvalue weighted by Crippen LogP contribution is -2.37. The second-order valence-electron chi connectivity index (χ2n) is 4.13. The maximum atomic E-state index is 12.0. The molecular weight excluding hydrogens is 252 g/mol. The Balaban J connectivity index is 2.80. The molecule has 1 aromatic rings. The molecule has 0 aliphatic heterocycles. The summed E-state index contributed by atoms with van der Waals surface area (Å²) in [7, 11) is 3.00. The first-order chi connectivity index (χ1) is 8.88. The van der Waals surface area contributed by atoms with Crippen molar-refractivity contribution >= 4 is 17.8 Å². The van der Waals surface area contributed by atoms with Crippen LogP contribution in [0.4, 0.5) is 0 Å². The largest absolute Gasteiger partial charge is 0.477 e. The van der Waals surface area contributed by atoms with E-state index in [1.807, 2.05) is 0 Å². The number of H-pyrrole nitrogens is 1. The Labute approximate surface area is 109 Å². The standard InChI is InChI=1S/C11H16N4O4/c1-6(9(16)12-2)4-15(3)10(17)7-8(11(18)19)14-5-13-7/h5-6H,4H2,1-3H3,(H,12,16)(H,13,14)(H,18,19). The zero-order chi connectivity index (χ0) is 14.6. The highest BCUT2D eigenvalue weighted by atomic mass is 16.4. The molecule has 0 fully saturated rings. The fraction of sp³-hybridized carbons (Fsp3) is 0.455. The minimum atomic E-state index is -1.26. The van der Waals surface area contributed by atoms with Crippen LogP contribution < -0.4 is 5.32 Å². The number of carbonyl (C=O) groups excluding carboxylic acids is 2. The molecule has 8 heteroatoms. The Morgan fingerprint density at radius 3 is 2.68 bits per heavy atom. The van der Waals surface area contributed by atoms with E-state index in [0.29, 0.717) is 0 Å². The molecule has 0 aliphatic carbocycles. The van der Waals surface area contributed by atoms with Gasteiger partial charge in [-0.15, -0.1) is 0 Å². The Bertz CT molecular complexity index is 497. The Morgan fingerprint density at radius 2 is 2.16 bits per heavy atom. The fourth-order valence-corrected chi connectivity index (χ4v) is 1.62. The average Bonchev–Trinajstić information content (AvgIpc) is 2.85. The normalized spacial score (nSPS) is 11.7. The van der Waals surface area contributed by atoms with E-state index in [1.165, 1.54) is 19.0 Å². The molecule has 0 spiro atoms. The lowest BCUT2D eigenvalue weighted by Gasteiger charge is -2.20. The number of aromatic amines is 1. The van der Waals surface area contributed by atoms with Gasteiger partial charge in [-0.25, -0.2) is 9.78 Å². The number of hydrogen-bond donors (Lipinski definition) is 3. The first-order valence-electron chi connectivity index (χ1n) is 5.62. The number of carboxylic acids is 1. The van der Waals surface area contributed by atoms with Crippen molar-refractivity contribution in [3.63, 3.8) is 0 Å². The molecule has 8 nitrogen and oxygen atoms in total. The van der Waals surface area contributed by atoms with Crippen molar-refractivity contribution in [3.8, 4) is 0 Å². The first kappa shape index (κ1) is 14.7. The lowest BCUT2D eigenvalue weighted by atomic mass is 10.1. The SMILES string of the molecule is CNC(=O)C(C)CN(C)C(=O)c1nc[nH]c1C(=O)O. The summed E-state index contributed by atoms with van der Waals surface area (Å²) in [5.41, 5.74) is -0.427. The number of nitrogens with zero attached hydrogens (tertiary/aromatic N) is 2. The highest BCUT2D eigenvalue weighted by Crippen LogP contribution is 2.08. The van der Waals surface area contributed by atoms with Crippen LogP contribution in [-0.4, -0.2) is 58.4 Å². The van der Waals surface area contributed by atoms with Gasteiger partial charge in [-0.1, -0.05) is 6.92 Å². The van der Waals surface area contributed by atoms with Crippen LogP contribution in [0.15, 0.2) is 6.33 Å². The van der Waals surface area contributed by atoms with E-state index in [1.54, 1.807) is 6.92 Å². The molecule has 1 rings (SSSR count). The number of carboxylic acid groups (broad SMARTS) is 1. The van der Waals surface area contributed by atoms with Crippen LogP contribution in [0.3, 0.4) is 0 Å². The molecule has 104 valence electrons. The van der Waals surface area contributed by atoms with Crippen LogP contribution in [0.1, 0.15) is 27.9 Å². The number of aromatic carboxylic acids is 1. The summed E-state index contributed by atoms with van der Waals surface area (Å²) in [5, 5.41) is 11.4. The zero-order valence-electron chi connectivity index (χ0n) is 10.9. The molecule has 0 saturated carbocycles. The summed E-state index contributed by atoms with van der Waals surface area (Å²) in [6.07, 6.45) is 1.15. The van der Waals surface area contributed by atoms with Crippen LogP contribution in [0.2, 0.25) is 0 Å². The molecule has 19 heavy (non-hydrogen) atoms. The smallest absolute Gasteiger partial charge is 0.354 e. The molecule has 1 heterocycles. The molecule has 0 radical (unpaired) electrons. The number of imidazole rings is 1. The third-order valence-corrected chi connectivity index (χ3v) is 2.64. The van der Waals surface area contributed by atoms with E-state index < -0.39 is 17.8 Å². The topological polar surface area (TPSA) is 115 Å². The van der Waals surface area contributed by atoms with Crippen molar-refractivity contribution in [2.75, 3.05) is 20.6 Å². The van der Waals surface area contributed by atoms with Crippen LogP contribution >= 0.6 is 0 Å². The highest BCUT2D eigenvalue weighted by molar-refractivity contribution is 6.02. The fourth-order valence-electron chi connectivity index (χ4n) is 1.62. The number of amides is 2. The summed E-state index contributed by atoms with van der Waals surface area (Å²) < 4.78 is 0. The summed E-state index contributed by atoms with van der Waals surface area (Å²) in [6.45, 7) is 1.84. The predicted molar refractivity (Wildman–Crippen MR) is 65.7 cm³/mol. The van der Waals surface area contributed by atoms with Crippen molar-refractivity contribution in [1.82, 2.24) is 20.2 Å². The molecule has 0 bridgehead atoms. The quantitative estimate of drug-likeness (QED) is 0.669. The van der Waals surface area contributed by atoms with Crippen molar-refractivity contribution in [3.05, 3.63) is 17.7 Å². The van der Waals surface area contributed by atoms with Crippen molar-refractivity contribution in [2.24, 2.45) is 5.92 Å². The molecule has 3 N–H and O–H groups in total. The number of aromatic nitrogens is 2. The lowest BCUT2D eigenvalue weighted by molar-refractivity contribution is -0.124. The Hall–Kier alpha value is -2.38. The predicted octanol–water partition coefficient (Wildman–Crippen LogP) is -0.438. The van der Waals surface area contributed by atoms with Gasteiger partial charge in [0.15, 0.2) is 11.4 Å². The van der Waals surface area contributed by atoms with E-state index in [9.17, 15) is 14.4 Å². The van der Waals surface area contributed by atoms with Gasteiger partial charge >= 0.3 is 5.97 Å². The van der Waals surface area contributed by atoms with Gasteiger partial charge in [-0.05, 0) is 0 Å². The van der Waals surface area contributed by atoms with Gasteiger partial charge in [0.05, 0.1) is 12.2 Å². The van der Waals surface area contributed by atoms with Crippen molar-refractivity contribution < 1.29 is 19.5 Å². The van der Waals surface area contributed by atoms with E-state index in [4.69, 9.17) is 5.11 Å². The van der Waals surface area contributed by atoms with Gasteiger partial charge in [-0.3, -0.25) is 9.59 Å². The second-order valence-corrected chi connectivity index (χ2v) is 4.13. The summed E-state index contributed by atoms with van der Waals surface area (Å²) in [4.78, 5) is 41.6. The maximum Gasteiger partial charge on any atom is 0.354 e. The molecule has 1 atom stereocenters. The minimum absolute atomic E-state index is 0.167. The summed E-state index contributed by atoms with van der Waals surface area (Å²) in [6, 6.07) is 0. The summed E-state index contributed by atoms with van der Waals surface area (Å²) in [5.74, 6) is -2.39. The van der Waals surface area contributed by atoms with Crippen LogP contribution in [-0.2, 0) is 4.79 Å². The maximum absolute atomic E-state index is 12.0. The molecule has 0 aromatic carbocycles. The van der Waals surface area contributed by atoms with Gasteiger partial charge in [0.1, 0.15) is 0 Å². The van der Waals surface area contributed by atoms with Crippen LogP contribution in [0.5, 0.6) is 0 Å².